The quantitative estimate of drug-likeness (QED) is 0.894. The number of rotatable bonds is 5. The minimum Gasteiger partial charge on any atom is -0.381 e. The summed E-state index contributed by atoms with van der Waals surface area (Å²) in [7, 11) is 0. The highest BCUT2D eigenvalue weighted by Gasteiger charge is 2.56. The van der Waals surface area contributed by atoms with Crippen molar-refractivity contribution in [2.45, 2.75) is 51.2 Å². The monoisotopic (exact) mass is 332 g/mol. The van der Waals surface area contributed by atoms with E-state index in [9.17, 15) is 0 Å². The second-order valence-corrected chi connectivity index (χ2v) is 7.18. The van der Waals surface area contributed by atoms with Crippen LogP contribution in [-0.2, 0) is 9.47 Å². The molecule has 1 saturated carbocycles. The predicted octanol–water partition coefficient (Wildman–Crippen LogP) is 2.46. The van der Waals surface area contributed by atoms with Gasteiger partial charge in [0.1, 0.15) is 18.0 Å². The molecular weight excluding hydrogens is 304 g/mol. The third kappa shape index (κ3) is 2.86. The molecule has 132 valence electrons. The van der Waals surface area contributed by atoms with Gasteiger partial charge in [-0.15, -0.1) is 0 Å². The average Bonchev–Trinajstić information content (AvgIpc) is 3.17. The van der Waals surface area contributed by atoms with Crippen molar-refractivity contribution in [2.75, 3.05) is 43.1 Å². The molecule has 1 aromatic rings. The van der Waals surface area contributed by atoms with Crippen LogP contribution in [0.2, 0.25) is 0 Å². The number of hydrogen-bond acceptors (Lipinski definition) is 6. The van der Waals surface area contributed by atoms with Crippen molar-refractivity contribution in [3.05, 3.63) is 12.4 Å². The highest BCUT2D eigenvalue weighted by Crippen LogP contribution is 2.51. The Hall–Kier alpha value is -1.40. The van der Waals surface area contributed by atoms with Crippen molar-refractivity contribution >= 4 is 11.6 Å². The van der Waals surface area contributed by atoms with Crippen LogP contribution >= 0.6 is 0 Å². The Morgan fingerprint density at radius 3 is 2.83 bits per heavy atom. The zero-order chi connectivity index (χ0) is 16.4. The van der Waals surface area contributed by atoms with Gasteiger partial charge in [-0.2, -0.15) is 0 Å². The maximum absolute atomic E-state index is 6.01. The van der Waals surface area contributed by atoms with Crippen LogP contribution in [0, 0.1) is 5.41 Å². The molecule has 1 aliphatic carbocycles. The molecule has 1 N–H and O–H groups in total. The number of ether oxygens (including phenoxy) is 2. The second-order valence-electron chi connectivity index (χ2n) is 7.18. The van der Waals surface area contributed by atoms with E-state index in [2.05, 4.69) is 33.2 Å². The minimum atomic E-state index is 0.201. The Labute approximate surface area is 143 Å². The molecule has 6 heteroatoms. The summed E-state index contributed by atoms with van der Waals surface area (Å²) in [4.78, 5) is 11.3. The Morgan fingerprint density at radius 1 is 1.29 bits per heavy atom. The molecule has 2 aliphatic heterocycles. The van der Waals surface area contributed by atoms with Gasteiger partial charge >= 0.3 is 0 Å². The Morgan fingerprint density at radius 2 is 2.08 bits per heavy atom. The van der Waals surface area contributed by atoms with E-state index in [1.807, 2.05) is 0 Å². The van der Waals surface area contributed by atoms with Gasteiger partial charge in [-0.05, 0) is 39.0 Å². The number of hydrogen-bond donors (Lipinski definition) is 1. The molecular formula is C18H28N4O2. The maximum atomic E-state index is 6.01. The fourth-order valence-corrected chi connectivity index (χ4v) is 4.53. The molecule has 1 aromatic heterocycles. The topological polar surface area (TPSA) is 59.5 Å². The molecule has 0 bridgehead atoms. The highest BCUT2D eigenvalue weighted by molar-refractivity contribution is 5.50. The van der Waals surface area contributed by atoms with Crippen LogP contribution in [0.15, 0.2) is 12.4 Å². The maximum Gasteiger partial charge on any atom is 0.134 e. The van der Waals surface area contributed by atoms with E-state index >= 15 is 0 Å². The van der Waals surface area contributed by atoms with E-state index in [1.54, 1.807) is 6.33 Å². The van der Waals surface area contributed by atoms with E-state index in [1.165, 1.54) is 12.8 Å². The summed E-state index contributed by atoms with van der Waals surface area (Å²) < 4.78 is 11.6. The van der Waals surface area contributed by atoms with Gasteiger partial charge in [-0.3, -0.25) is 0 Å². The molecule has 0 radical (unpaired) electrons. The summed E-state index contributed by atoms with van der Waals surface area (Å²) in [6.07, 6.45) is 7.74. The van der Waals surface area contributed by atoms with Crippen molar-refractivity contribution in [3.63, 3.8) is 0 Å². The van der Waals surface area contributed by atoms with Gasteiger partial charge in [0.2, 0.25) is 0 Å². The van der Waals surface area contributed by atoms with Crippen LogP contribution in [0.3, 0.4) is 0 Å². The molecule has 24 heavy (non-hydrogen) atoms. The van der Waals surface area contributed by atoms with Crippen molar-refractivity contribution < 1.29 is 9.47 Å². The van der Waals surface area contributed by atoms with Gasteiger partial charge < -0.3 is 19.7 Å². The van der Waals surface area contributed by atoms with Crippen LogP contribution in [0.4, 0.5) is 11.6 Å². The lowest BCUT2D eigenvalue weighted by Gasteiger charge is -2.57. The van der Waals surface area contributed by atoms with Crippen LogP contribution in [-0.4, -0.2) is 55.0 Å². The number of anilines is 2. The zero-order valence-corrected chi connectivity index (χ0v) is 14.5. The van der Waals surface area contributed by atoms with Crippen molar-refractivity contribution in [1.82, 2.24) is 9.97 Å². The first kappa shape index (κ1) is 16.1. The molecule has 0 amide bonds. The molecule has 0 unspecified atom stereocenters. The third-order valence-electron chi connectivity index (χ3n) is 5.98. The standard InChI is InChI=1S/C18H28N4O2/c1-2-24-15-11-14(18(15)5-9-23-10-6-18)21-16-12-17(20-13-19-16)22-7-3-4-8-22/h12-15H,2-11H2,1H3,(H,19,20,21)/t14-,15+/m1/s1. The molecule has 3 heterocycles. The molecule has 4 rings (SSSR count). The predicted molar refractivity (Wildman–Crippen MR) is 93.4 cm³/mol. The Balaban J connectivity index is 1.47. The average molecular weight is 332 g/mol. The molecule has 2 saturated heterocycles. The van der Waals surface area contributed by atoms with Crippen molar-refractivity contribution in [1.29, 1.82) is 0 Å². The van der Waals surface area contributed by atoms with Crippen LogP contribution in [0.1, 0.15) is 39.0 Å². The van der Waals surface area contributed by atoms with Gasteiger partial charge in [-0.1, -0.05) is 0 Å². The Kier molecular flexibility index (Phi) is 4.59. The van der Waals surface area contributed by atoms with E-state index in [0.29, 0.717) is 12.1 Å². The lowest BCUT2D eigenvalue weighted by Crippen LogP contribution is -2.63. The van der Waals surface area contributed by atoms with E-state index in [-0.39, 0.29) is 5.41 Å². The summed E-state index contributed by atoms with van der Waals surface area (Å²) in [6.45, 7) is 6.75. The van der Waals surface area contributed by atoms with E-state index in [4.69, 9.17) is 9.47 Å². The normalized spacial score (nSPS) is 28.8. The number of nitrogens with zero attached hydrogens (tertiary/aromatic N) is 3. The molecule has 2 atom stereocenters. The molecule has 1 spiro atoms. The van der Waals surface area contributed by atoms with Gasteiger partial charge in [0, 0.05) is 50.4 Å². The lowest BCUT2D eigenvalue weighted by molar-refractivity contribution is -0.159. The largest absolute Gasteiger partial charge is 0.381 e. The van der Waals surface area contributed by atoms with Gasteiger partial charge in [-0.25, -0.2) is 9.97 Å². The van der Waals surface area contributed by atoms with Crippen LogP contribution < -0.4 is 10.2 Å². The summed E-state index contributed by atoms with van der Waals surface area (Å²) in [5.41, 5.74) is 0.201. The smallest absolute Gasteiger partial charge is 0.134 e. The summed E-state index contributed by atoms with van der Waals surface area (Å²) in [5.74, 6) is 1.99. The summed E-state index contributed by atoms with van der Waals surface area (Å²) in [5, 5.41) is 3.68. The summed E-state index contributed by atoms with van der Waals surface area (Å²) in [6, 6.07) is 2.52. The van der Waals surface area contributed by atoms with Crippen molar-refractivity contribution in [3.8, 4) is 0 Å². The third-order valence-corrected chi connectivity index (χ3v) is 5.98. The molecule has 3 aliphatic rings. The fraction of sp³-hybridized carbons (Fsp3) is 0.778. The minimum absolute atomic E-state index is 0.201. The first-order chi connectivity index (χ1) is 11.8. The van der Waals surface area contributed by atoms with Gasteiger partial charge in [0.25, 0.3) is 0 Å². The first-order valence-electron chi connectivity index (χ1n) is 9.35. The zero-order valence-electron chi connectivity index (χ0n) is 14.5. The van der Waals surface area contributed by atoms with E-state index < -0.39 is 0 Å². The summed E-state index contributed by atoms with van der Waals surface area (Å²) >= 11 is 0. The highest BCUT2D eigenvalue weighted by atomic mass is 16.5. The first-order valence-corrected chi connectivity index (χ1v) is 9.35. The number of nitrogens with one attached hydrogen (secondary N) is 1. The van der Waals surface area contributed by atoms with Crippen LogP contribution in [0.25, 0.3) is 0 Å². The lowest BCUT2D eigenvalue weighted by atomic mass is 9.57. The SMILES string of the molecule is CCO[C@H]1C[C@@H](Nc2cc(N3CCCC3)ncn2)C12CCOCC2. The molecule has 6 nitrogen and oxygen atoms in total. The fourth-order valence-electron chi connectivity index (χ4n) is 4.53. The number of aromatic nitrogens is 2. The Bertz CT molecular complexity index is 556. The molecule has 0 aromatic carbocycles. The second kappa shape index (κ2) is 6.84. The van der Waals surface area contributed by atoms with Crippen LogP contribution in [0.5, 0.6) is 0 Å². The van der Waals surface area contributed by atoms with E-state index in [0.717, 1.165) is 63.8 Å². The van der Waals surface area contributed by atoms with Crippen molar-refractivity contribution in [2.24, 2.45) is 5.41 Å². The molecule has 3 fully saturated rings. The van der Waals surface area contributed by atoms with Gasteiger partial charge in [0.05, 0.1) is 6.10 Å². The van der Waals surface area contributed by atoms with Gasteiger partial charge in [0.15, 0.2) is 0 Å².